The SMILES string of the molecule is C#CC(C)NCc1ccc(-n2ccnc2)cc1. The largest absolute Gasteiger partial charge is 0.306 e. The van der Waals surface area contributed by atoms with Crippen LogP contribution in [0.3, 0.4) is 0 Å². The van der Waals surface area contributed by atoms with Crippen LogP contribution in [0.25, 0.3) is 5.69 Å². The molecule has 3 nitrogen and oxygen atoms in total. The van der Waals surface area contributed by atoms with E-state index in [0.29, 0.717) is 0 Å². The van der Waals surface area contributed by atoms with Crippen LogP contribution < -0.4 is 5.32 Å². The number of imidazole rings is 1. The van der Waals surface area contributed by atoms with Gasteiger partial charge in [-0.1, -0.05) is 18.1 Å². The highest BCUT2D eigenvalue weighted by Gasteiger charge is 1.98. The van der Waals surface area contributed by atoms with Gasteiger partial charge < -0.3 is 4.57 Å². The molecular weight excluding hydrogens is 210 g/mol. The highest BCUT2D eigenvalue weighted by atomic mass is 15.0. The molecule has 86 valence electrons. The van der Waals surface area contributed by atoms with E-state index < -0.39 is 0 Å². The third kappa shape index (κ3) is 2.96. The fourth-order valence-corrected chi connectivity index (χ4v) is 1.53. The third-order valence-electron chi connectivity index (χ3n) is 2.60. The van der Waals surface area contributed by atoms with E-state index in [-0.39, 0.29) is 6.04 Å². The number of rotatable bonds is 4. The minimum atomic E-state index is 0.100. The molecule has 0 aliphatic rings. The summed E-state index contributed by atoms with van der Waals surface area (Å²) >= 11 is 0. The van der Waals surface area contributed by atoms with Crippen molar-refractivity contribution in [2.45, 2.75) is 19.5 Å². The quantitative estimate of drug-likeness (QED) is 0.806. The monoisotopic (exact) mass is 225 g/mol. The second-order valence-electron chi connectivity index (χ2n) is 3.91. The van der Waals surface area contributed by atoms with Crippen LogP contribution in [-0.4, -0.2) is 15.6 Å². The first-order valence-electron chi connectivity index (χ1n) is 5.56. The first kappa shape index (κ1) is 11.4. The lowest BCUT2D eigenvalue weighted by Crippen LogP contribution is -2.23. The molecule has 0 saturated carbocycles. The van der Waals surface area contributed by atoms with Gasteiger partial charge in [0.25, 0.3) is 0 Å². The standard InChI is InChI=1S/C14H15N3/c1-3-12(2)16-10-13-4-6-14(7-5-13)17-9-8-15-11-17/h1,4-9,11-12,16H,10H2,2H3. The maximum Gasteiger partial charge on any atom is 0.0991 e. The molecule has 1 atom stereocenters. The van der Waals surface area contributed by atoms with Crippen molar-refractivity contribution in [2.75, 3.05) is 0 Å². The van der Waals surface area contributed by atoms with Crippen LogP contribution in [-0.2, 0) is 6.54 Å². The topological polar surface area (TPSA) is 29.9 Å². The van der Waals surface area contributed by atoms with E-state index in [1.807, 2.05) is 17.7 Å². The van der Waals surface area contributed by atoms with Gasteiger partial charge in [0.2, 0.25) is 0 Å². The number of benzene rings is 1. The highest BCUT2D eigenvalue weighted by molar-refractivity contribution is 5.34. The number of hydrogen-bond donors (Lipinski definition) is 1. The van der Waals surface area contributed by atoms with Crippen LogP contribution in [0, 0.1) is 12.3 Å². The summed E-state index contributed by atoms with van der Waals surface area (Å²) in [6.45, 7) is 2.76. The van der Waals surface area contributed by atoms with Gasteiger partial charge in [0.1, 0.15) is 0 Å². The molecule has 1 aromatic heterocycles. The number of terminal acetylenes is 1. The molecule has 0 radical (unpaired) electrons. The zero-order chi connectivity index (χ0) is 12.1. The number of nitrogens with zero attached hydrogens (tertiary/aromatic N) is 2. The van der Waals surface area contributed by atoms with Crippen molar-refractivity contribution in [3.05, 3.63) is 48.5 Å². The first-order valence-corrected chi connectivity index (χ1v) is 5.56. The fraction of sp³-hybridized carbons (Fsp3) is 0.214. The highest BCUT2D eigenvalue weighted by Crippen LogP contribution is 2.09. The van der Waals surface area contributed by atoms with E-state index in [2.05, 4.69) is 40.5 Å². The lowest BCUT2D eigenvalue weighted by atomic mass is 10.2. The van der Waals surface area contributed by atoms with E-state index in [1.54, 1.807) is 12.5 Å². The predicted octanol–water partition coefficient (Wildman–Crippen LogP) is 1.98. The average Bonchev–Trinajstić information content (AvgIpc) is 2.90. The molecule has 1 aromatic carbocycles. The summed E-state index contributed by atoms with van der Waals surface area (Å²) < 4.78 is 1.97. The van der Waals surface area contributed by atoms with Gasteiger partial charge in [-0.05, 0) is 24.6 Å². The molecule has 0 spiro atoms. The lowest BCUT2D eigenvalue weighted by molar-refractivity contribution is 0.648. The van der Waals surface area contributed by atoms with Crippen LogP contribution in [0.1, 0.15) is 12.5 Å². The molecule has 1 unspecified atom stereocenters. The van der Waals surface area contributed by atoms with Gasteiger partial charge in [0, 0.05) is 24.6 Å². The molecule has 1 N–H and O–H groups in total. The number of hydrogen-bond acceptors (Lipinski definition) is 2. The van der Waals surface area contributed by atoms with Crippen molar-refractivity contribution in [3.63, 3.8) is 0 Å². The Morgan fingerprint density at radius 2 is 2.18 bits per heavy atom. The van der Waals surface area contributed by atoms with Crippen LogP contribution >= 0.6 is 0 Å². The molecule has 0 bridgehead atoms. The van der Waals surface area contributed by atoms with Crippen LogP contribution in [0.5, 0.6) is 0 Å². The fourth-order valence-electron chi connectivity index (χ4n) is 1.53. The molecule has 1 heterocycles. The Kier molecular flexibility index (Phi) is 3.59. The molecular formula is C14H15N3. The zero-order valence-corrected chi connectivity index (χ0v) is 9.80. The summed E-state index contributed by atoms with van der Waals surface area (Å²) in [4.78, 5) is 4.02. The third-order valence-corrected chi connectivity index (χ3v) is 2.60. The zero-order valence-electron chi connectivity index (χ0n) is 9.80. The molecule has 17 heavy (non-hydrogen) atoms. The average molecular weight is 225 g/mol. The molecule has 0 amide bonds. The summed E-state index contributed by atoms with van der Waals surface area (Å²) in [7, 11) is 0. The van der Waals surface area contributed by atoms with Crippen molar-refractivity contribution in [2.24, 2.45) is 0 Å². The maximum atomic E-state index is 5.30. The smallest absolute Gasteiger partial charge is 0.0991 e. The summed E-state index contributed by atoms with van der Waals surface area (Å²) in [6, 6.07) is 8.42. The van der Waals surface area contributed by atoms with Crippen molar-refractivity contribution < 1.29 is 0 Å². The van der Waals surface area contributed by atoms with Gasteiger partial charge in [0.15, 0.2) is 0 Å². The molecule has 3 heteroatoms. The molecule has 0 saturated heterocycles. The van der Waals surface area contributed by atoms with E-state index >= 15 is 0 Å². The van der Waals surface area contributed by atoms with Gasteiger partial charge in [-0.3, -0.25) is 5.32 Å². The Labute approximate surface area is 102 Å². The van der Waals surface area contributed by atoms with Crippen LogP contribution in [0.2, 0.25) is 0 Å². The van der Waals surface area contributed by atoms with Crippen molar-refractivity contribution in [1.29, 1.82) is 0 Å². The Bertz CT molecular complexity index is 491. The van der Waals surface area contributed by atoms with Crippen LogP contribution in [0.15, 0.2) is 43.0 Å². The van der Waals surface area contributed by atoms with Gasteiger partial charge in [0.05, 0.1) is 12.4 Å². The summed E-state index contributed by atoms with van der Waals surface area (Å²) in [6.07, 6.45) is 10.8. The second kappa shape index (κ2) is 5.33. The minimum Gasteiger partial charge on any atom is -0.306 e. The van der Waals surface area contributed by atoms with Crippen molar-refractivity contribution >= 4 is 0 Å². The molecule has 0 fully saturated rings. The second-order valence-corrected chi connectivity index (χ2v) is 3.91. The summed E-state index contributed by atoms with van der Waals surface area (Å²) in [5, 5.41) is 3.25. The Morgan fingerprint density at radius 3 is 2.76 bits per heavy atom. The summed E-state index contributed by atoms with van der Waals surface area (Å²) in [5.41, 5.74) is 2.33. The Balaban J connectivity index is 2.02. The molecule has 0 aliphatic carbocycles. The van der Waals surface area contributed by atoms with Gasteiger partial charge in [-0.2, -0.15) is 0 Å². The van der Waals surface area contributed by atoms with E-state index in [9.17, 15) is 0 Å². The minimum absolute atomic E-state index is 0.100. The van der Waals surface area contributed by atoms with Crippen molar-refractivity contribution in [1.82, 2.24) is 14.9 Å². The van der Waals surface area contributed by atoms with Crippen molar-refractivity contribution in [3.8, 4) is 18.0 Å². The normalized spacial score (nSPS) is 12.0. The predicted molar refractivity (Wildman–Crippen MR) is 68.7 cm³/mol. The number of nitrogens with one attached hydrogen (secondary N) is 1. The van der Waals surface area contributed by atoms with E-state index in [4.69, 9.17) is 6.42 Å². The molecule has 2 rings (SSSR count). The van der Waals surface area contributed by atoms with Gasteiger partial charge in [-0.15, -0.1) is 6.42 Å². The lowest BCUT2D eigenvalue weighted by Gasteiger charge is -2.08. The Morgan fingerprint density at radius 1 is 1.41 bits per heavy atom. The maximum absolute atomic E-state index is 5.30. The number of aromatic nitrogens is 2. The van der Waals surface area contributed by atoms with Crippen LogP contribution in [0.4, 0.5) is 0 Å². The Hall–Kier alpha value is -2.05. The summed E-state index contributed by atoms with van der Waals surface area (Å²) in [5.74, 6) is 2.65. The first-order chi connectivity index (χ1) is 8.29. The van der Waals surface area contributed by atoms with E-state index in [0.717, 1.165) is 12.2 Å². The van der Waals surface area contributed by atoms with Gasteiger partial charge >= 0.3 is 0 Å². The van der Waals surface area contributed by atoms with E-state index in [1.165, 1.54) is 5.56 Å². The molecule has 0 aliphatic heterocycles. The molecule has 2 aromatic rings. The van der Waals surface area contributed by atoms with Gasteiger partial charge in [-0.25, -0.2) is 4.98 Å².